The number of ketones is 1. The number of nitrogens with one attached hydrogen (secondary N) is 1. The minimum atomic E-state index is -1.40. The summed E-state index contributed by atoms with van der Waals surface area (Å²) in [4.78, 5) is 38.3. The number of hydrogen-bond donors (Lipinski definition) is 1. The quantitative estimate of drug-likeness (QED) is 0.419. The first-order chi connectivity index (χ1) is 14.0. The Balaban J connectivity index is 2.31. The summed E-state index contributed by atoms with van der Waals surface area (Å²) in [6, 6.07) is 6.48. The molecule has 0 radical (unpaired) electrons. The Bertz CT molecular complexity index is 688. The second kappa shape index (κ2) is 11.7. The third-order valence-corrected chi connectivity index (χ3v) is 5.34. The molecule has 160 valence electrons. The highest BCUT2D eigenvalue weighted by molar-refractivity contribution is 7.99. The Morgan fingerprint density at radius 2 is 1.72 bits per heavy atom. The van der Waals surface area contributed by atoms with Crippen molar-refractivity contribution in [3.63, 3.8) is 0 Å². The SMILES string of the molecule is CCOC(=O)C(C(=O)OCC)C(COc1ccccc1OC)C(=O)C1CSCN1. The molecule has 0 spiro atoms. The van der Waals surface area contributed by atoms with Crippen LogP contribution in [-0.2, 0) is 23.9 Å². The molecule has 9 heteroatoms. The predicted molar refractivity (Wildman–Crippen MR) is 108 cm³/mol. The van der Waals surface area contributed by atoms with Gasteiger partial charge in [0, 0.05) is 11.6 Å². The monoisotopic (exact) mass is 425 g/mol. The minimum Gasteiger partial charge on any atom is -0.493 e. The molecule has 1 aliphatic rings. The van der Waals surface area contributed by atoms with Gasteiger partial charge in [-0.15, -0.1) is 11.8 Å². The highest BCUT2D eigenvalue weighted by Crippen LogP contribution is 2.29. The molecule has 1 aromatic carbocycles. The molecule has 0 amide bonds. The number of thioether (sulfide) groups is 1. The molecule has 0 aliphatic carbocycles. The summed E-state index contributed by atoms with van der Waals surface area (Å²) < 4.78 is 21.2. The van der Waals surface area contributed by atoms with Gasteiger partial charge in [0.1, 0.15) is 0 Å². The number of esters is 2. The van der Waals surface area contributed by atoms with Gasteiger partial charge in [0.15, 0.2) is 23.2 Å². The molecule has 1 saturated heterocycles. The Labute approximate surface area is 174 Å². The van der Waals surface area contributed by atoms with Gasteiger partial charge in [-0.1, -0.05) is 12.1 Å². The lowest BCUT2D eigenvalue weighted by Crippen LogP contribution is -2.47. The van der Waals surface area contributed by atoms with Crippen LogP contribution in [0.4, 0.5) is 0 Å². The van der Waals surface area contributed by atoms with Crippen molar-refractivity contribution in [1.29, 1.82) is 0 Å². The van der Waals surface area contributed by atoms with E-state index in [2.05, 4.69) is 5.32 Å². The average molecular weight is 426 g/mol. The largest absolute Gasteiger partial charge is 0.493 e. The summed E-state index contributed by atoms with van der Waals surface area (Å²) in [6.07, 6.45) is 0. The second-order valence-electron chi connectivity index (χ2n) is 6.22. The van der Waals surface area contributed by atoms with Crippen molar-refractivity contribution in [3.05, 3.63) is 24.3 Å². The maximum absolute atomic E-state index is 13.2. The fourth-order valence-corrected chi connectivity index (χ4v) is 3.94. The lowest BCUT2D eigenvalue weighted by atomic mass is 9.86. The summed E-state index contributed by atoms with van der Waals surface area (Å²) in [5.74, 6) is -2.25. The van der Waals surface area contributed by atoms with Crippen LogP contribution in [0, 0.1) is 11.8 Å². The van der Waals surface area contributed by atoms with Gasteiger partial charge in [0.25, 0.3) is 0 Å². The van der Waals surface area contributed by atoms with E-state index in [0.717, 1.165) is 0 Å². The minimum absolute atomic E-state index is 0.0839. The van der Waals surface area contributed by atoms with Gasteiger partial charge in [-0.25, -0.2) is 0 Å². The molecule has 0 saturated carbocycles. The maximum atomic E-state index is 13.2. The van der Waals surface area contributed by atoms with Crippen molar-refractivity contribution in [1.82, 2.24) is 5.32 Å². The van der Waals surface area contributed by atoms with Crippen LogP contribution in [0.1, 0.15) is 13.8 Å². The van der Waals surface area contributed by atoms with E-state index >= 15 is 0 Å². The van der Waals surface area contributed by atoms with E-state index in [1.165, 1.54) is 7.11 Å². The van der Waals surface area contributed by atoms with Gasteiger partial charge in [0.05, 0.1) is 38.9 Å². The third-order valence-electron chi connectivity index (χ3n) is 4.40. The topological polar surface area (TPSA) is 100 Å². The van der Waals surface area contributed by atoms with Gasteiger partial charge in [-0.2, -0.15) is 0 Å². The number of methoxy groups -OCH3 is 1. The predicted octanol–water partition coefficient (Wildman–Crippen LogP) is 1.66. The molecule has 29 heavy (non-hydrogen) atoms. The molecule has 1 fully saturated rings. The number of carbonyl (C=O) groups is 3. The fraction of sp³-hybridized carbons (Fsp3) is 0.550. The number of ether oxygens (including phenoxy) is 4. The first kappa shape index (κ1) is 23.0. The number of hydrogen-bond acceptors (Lipinski definition) is 9. The van der Waals surface area contributed by atoms with Gasteiger partial charge in [-0.05, 0) is 26.0 Å². The number of Topliss-reactive ketones (excluding diaryl/α,β-unsaturated/α-hetero) is 1. The molecule has 2 atom stereocenters. The van der Waals surface area contributed by atoms with E-state index in [4.69, 9.17) is 18.9 Å². The van der Waals surface area contributed by atoms with E-state index in [1.807, 2.05) is 0 Å². The highest BCUT2D eigenvalue weighted by Gasteiger charge is 2.44. The van der Waals surface area contributed by atoms with Crippen molar-refractivity contribution in [2.75, 3.05) is 38.6 Å². The molecule has 1 aromatic rings. The zero-order valence-corrected chi connectivity index (χ0v) is 17.7. The van der Waals surface area contributed by atoms with E-state index < -0.39 is 29.8 Å². The zero-order chi connectivity index (χ0) is 21.2. The van der Waals surface area contributed by atoms with Crippen molar-refractivity contribution in [3.8, 4) is 11.5 Å². The van der Waals surface area contributed by atoms with Crippen LogP contribution in [0.25, 0.3) is 0 Å². The highest BCUT2D eigenvalue weighted by atomic mass is 32.2. The van der Waals surface area contributed by atoms with Crippen LogP contribution in [0.15, 0.2) is 24.3 Å². The summed E-state index contributed by atoms with van der Waals surface area (Å²) in [5.41, 5.74) is 0. The summed E-state index contributed by atoms with van der Waals surface area (Å²) in [6.45, 7) is 3.25. The number of benzene rings is 1. The van der Waals surface area contributed by atoms with E-state index in [1.54, 1.807) is 49.9 Å². The van der Waals surface area contributed by atoms with Crippen LogP contribution in [-0.4, -0.2) is 62.3 Å². The van der Waals surface area contributed by atoms with Gasteiger partial charge in [-0.3, -0.25) is 19.7 Å². The lowest BCUT2D eigenvalue weighted by Gasteiger charge is -2.25. The standard InChI is InChI=1S/C20H27NO7S/c1-4-26-19(23)17(20(24)27-5-2)13(18(22)14-11-29-12-21-14)10-28-16-9-7-6-8-15(16)25-3/h6-9,13-14,17,21H,4-5,10-12H2,1-3H3. The number of rotatable bonds is 11. The zero-order valence-electron chi connectivity index (χ0n) is 16.8. The van der Waals surface area contributed by atoms with Crippen LogP contribution in [0.2, 0.25) is 0 Å². The third kappa shape index (κ3) is 6.11. The molecule has 2 rings (SSSR count). The first-order valence-corrected chi connectivity index (χ1v) is 10.6. The van der Waals surface area contributed by atoms with Crippen LogP contribution < -0.4 is 14.8 Å². The van der Waals surface area contributed by atoms with E-state index in [9.17, 15) is 14.4 Å². The fourth-order valence-electron chi connectivity index (χ4n) is 2.99. The van der Waals surface area contributed by atoms with Crippen molar-refractivity contribution >= 4 is 29.5 Å². The smallest absolute Gasteiger partial charge is 0.321 e. The summed E-state index contributed by atoms with van der Waals surface area (Å²) in [5, 5.41) is 3.08. The van der Waals surface area contributed by atoms with Crippen molar-refractivity contribution in [2.45, 2.75) is 19.9 Å². The Morgan fingerprint density at radius 1 is 1.10 bits per heavy atom. The first-order valence-electron chi connectivity index (χ1n) is 9.47. The molecule has 1 N–H and O–H groups in total. The number of carbonyl (C=O) groups excluding carboxylic acids is 3. The summed E-state index contributed by atoms with van der Waals surface area (Å²) in [7, 11) is 1.50. The van der Waals surface area contributed by atoms with Crippen molar-refractivity contribution < 1.29 is 33.3 Å². The van der Waals surface area contributed by atoms with Gasteiger partial charge in [0.2, 0.25) is 0 Å². The maximum Gasteiger partial charge on any atom is 0.321 e. The molecule has 8 nitrogen and oxygen atoms in total. The molecular weight excluding hydrogens is 398 g/mol. The number of para-hydroxylation sites is 2. The van der Waals surface area contributed by atoms with Crippen LogP contribution >= 0.6 is 11.8 Å². The normalized spacial score (nSPS) is 16.9. The average Bonchev–Trinajstić information content (AvgIpc) is 3.26. The van der Waals surface area contributed by atoms with Crippen LogP contribution in [0.3, 0.4) is 0 Å². The second-order valence-corrected chi connectivity index (χ2v) is 7.25. The molecule has 1 aliphatic heterocycles. The van der Waals surface area contributed by atoms with E-state index in [0.29, 0.717) is 23.1 Å². The molecule has 2 unspecified atom stereocenters. The van der Waals surface area contributed by atoms with Crippen LogP contribution in [0.5, 0.6) is 11.5 Å². The molecule has 1 heterocycles. The Kier molecular flexibility index (Phi) is 9.27. The lowest BCUT2D eigenvalue weighted by molar-refractivity contribution is -0.167. The molecule has 0 bridgehead atoms. The van der Waals surface area contributed by atoms with Gasteiger partial charge < -0.3 is 18.9 Å². The molecular formula is C20H27NO7S. The Morgan fingerprint density at radius 3 is 2.24 bits per heavy atom. The van der Waals surface area contributed by atoms with Gasteiger partial charge >= 0.3 is 11.9 Å². The Hall–Kier alpha value is -2.26. The molecule has 0 aromatic heterocycles. The van der Waals surface area contributed by atoms with Crippen molar-refractivity contribution in [2.24, 2.45) is 11.8 Å². The van der Waals surface area contributed by atoms with E-state index in [-0.39, 0.29) is 25.6 Å². The summed E-state index contributed by atoms with van der Waals surface area (Å²) >= 11 is 1.57.